The minimum atomic E-state index is -0.644. The third kappa shape index (κ3) is 5.94. The van der Waals surface area contributed by atoms with Crippen molar-refractivity contribution in [1.82, 2.24) is 5.32 Å². The van der Waals surface area contributed by atoms with Gasteiger partial charge in [0, 0.05) is 11.4 Å². The monoisotopic (exact) mass is 379 g/mol. The number of fused-ring (bicyclic) bond motifs is 1. The molecule has 1 N–H and O–H groups in total. The maximum Gasteiger partial charge on any atom is 0.408 e. The Morgan fingerprint density at radius 1 is 1.16 bits per heavy atom. The van der Waals surface area contributed by atoms with Crippen LogP contribution in [0.2, 0.25) is 5.02 Å². The Bertz CT molecular complexity index is 786. The van der Waals surface area contributed by atoms with Crippen LogP contribution in [0, 0.1) is 0 Å². The van der Waals surface area contributed by atoms with Crippen LogP contribution in [-0.4, -0.2) is 29.1 Å². The lowest BCUT2D eigenvalue weighted by atomic mass is 10.0. The normalized spacial score (nSPS) is 12.7. The van der Waals surface area contributed by atoms with Crippen molar-refractivity contribution in [3.63, 3.8) is 0 Å². The number of carbonyl (C=O) groups is 2. The van der Waals surface area contributed by atoms with E-state index in [1.165, 1.54) is 0 Å². The second-order valence-corrected chi connectivity index (χ2v) is 8.00. The van der Waals surface area contributed by atoms with Crippen molar-refractivity contribution in [3.05, 3.63) is 47.0 Å². The zero-order valence-electron chi connectivity index (χ0n) is 14.8. The highest BCUT2D eigenvalue weighted by molar-refractivity contribution is 8.13. The highest BCUT2D eigenvalue weighted by atomic mass is 35.5. The molecule has 6 heteroatoms. The van der Waals surface area contributed by atoms with Gasteiger partial charge in [-0.05, 0) is 55.5 Å². The number of nitrogens with one attached hydrogen (secondary N) is 1. The molecule has 0 fully saturated rings. The smallest absolute Gasteiger partial charge is 0.408 e. The van der Waals surface area contributed by atoms with Gasteiger partial charge in [-0.2, -0.15) is 0 Å². The van der Waals surface area contributed by atoms with Crippen LogP contribution in [0.15, 0.2) is 36.4 Å². The molecule has 1 unspecified atom stereocenters. The van der Waals surface area contributed by atoms with E-state index < -0.39 is 17.7 Å². The molecule has 0 bridgehead atoms. The van der Waals surface area contributed by atoms with Crippen molar-refractivity contribution in [2.24, 2.45) is 0 Å². The van der Waals surface area contributed by atoms with Crippen molar-refractivity contribution in [2.75, 3.05) is 6.26 Å². The van der Waals surface area contributed by atoms with Crippen LogP contribution in [0.3, 0.4) is 0 Å². The van der Waals surface area contributed by atoms with E-state index in [-0.39, 0.29) is 5.12 Å². The van der Waals surface area contributed by atoms with E-state index in [0.29, 0.717) is 11.4 Å². The summed E-state index contributed by atoms with van der Waals surface area (Å²) in [6.07, 6.45) is 1.51. The number of hydrogen-bond donors (Lipinski definition) is 1. The van der Waals surface area contributed by atoms with Gasteiger partial charge in [-0.1, -0.05) is 47.6 Å². The SMILES string of the molecule is CSC(=O)C(Cc1ccc2cc(Cl)ccc2c1)NC(=O)OC(C)(C)C. The lowest BCUT2D eigenvalue weighted by molar-refractivity contribution is -0.112. The molecule has 0 spiro atoms. The van der Waals surface area contributed by atoms with E-state index in [1.807, 2.05) is 36.4 Å². The number of hydrogen-bond acceptors (Lipinski definition) is 4. The van der Waals surface area contributed by atoms with Gasteiger partial charge in [0.25, 0.3) is 0 Å². The number of amides is 1. The second-order valence-electron chi connectivity index (χ2n) is 6.75. The van der Waals surface area contributed by atoms with Crippen LogP contribution < -0.4 is 5.32 Å². The van der Waals surface area contributed by atoms with Gasteiger partial charge in [0.05, 0.1) is 0 Å². The van der Waals surface area contributed by atoms with Crippen molar-refractivity contribution in [3.8, 4) is 0 Å². The summed E-state index contributed by atoms with van der Waals surface area (Å²) in [5.41, 5.74) is 0.345. The zero-order valence-corrected chi connectivity index (χ0v) is 16.3. The summed E-state index contributed by atoms with van der Waals surface area (Å²) < 4.78 is 5.26. The van der Waals surface area contributed by atoms with E-state index in [2.05, 4.69) is 5.32 Å². The molecule has 2 aromatic carbocycles. The summed E-state index contributed by atoms with van der Waals surface area (Å²) in [6, 6.07) is 10.9. The number of ether oxygens (including phenoxy) is 1. The van der Waals surface area contributed by atoms with E-state index in [4.69, 9.17) is 16.3 Å². The van der Waals surface area contributed by atoms with Gasteiger partial charge >= 0.3 is 6.09 Å². The summed E-state index contributed by atoms with van der Waals surface area (Å²) in [7, 11) is 0. The molecule has 0 saturated heterocycles. The second kappa shape index (κ2) is 8.11. The first-order valence-corrected chi connectivity index (χ1v) is 9.54. The molecule has 1 atom stereocenters. The number of carbonyl (C=O) groups excluding carboxylic acids is 2. The molecule has 0 heterocycles. The molecule has 2 aromatic rings. The van der Waals surface area contributed by atoms with Gasteiger partial charge in [0.1, 0.15) is 11.6 Å². The van der Waals surface area contributed by atoms with Crippen LogP contribution in [0.25, 0.3) is 10.8 Å². The summed E-state index contributed by atoms with van der Waals surface area (Å²) >= 11 is 7.10. The van der Waals surface area contributed by atoms with Gasteiger partial charge in [-0.3, -0.25) is 4.79 Å². The first kappa shape index (κ1) is 19.6. The van der Waals surface area contributed by atoms with Crippen LogP contribution >= 0.6 is 23.4 Å². The number of benzene rings is 2. The molecule has 0 aliphatic rings. The molecule has 1 amide bonds. The maximum atomic E-state index is 12.2. The topological polar surface area (TPSA) is 55.4 Å². The average Bonchev–Trinajstić information content (AvgIpc) is 2.51. The maximum absolute atomic E-state index is 12.2. The Morgan fingerprint density at radius 3 is 2.44 bits per heavy atom. The van der Waals surface area contributed by atoms with E-state index in [0.717, 1.165) is 28.1 Å². The standard InChI is InChI=1S/C19H22ClNO3S/c1-19(2,3)24-18(23)21-16(17(22)25-4)10-12-5-6-14-11-15(20)8-7-13(14)9-12/h5-9,11,16H,10H2,1-4H3,(H,21,23). The molecule has 0 aliphatic heterocycles. The van der Waals surface area contributed by atoms with Crippen LogP contribution in [-0.2, 0) is 16.0 Å². The molecular weight excluding hydrogens is 358 g/mol. The zero-order chi connectivity index (χ0) is 18.6. The summed E-state index contributed by atoms with van der Waals surface area (Å²) in [4.78, 5) is 24.2. The lowest BCUT2D eigenvalue weighted by Gasteiger charge is -2.23. The van der Waals surface area contributed by atoms with Gasteiger partial charge in [0.2, 0.25) is 5.12 Å². The van der Waals surface area contributed by atoms with Gasteiger partial charge in [-0.15, -0.1) is 0 Å². The Balaban J connectivity index is 2.17. The summed E-state index contributed by atoms with van der Waals surface area (Å²) in [6.45, 7) is 5.35. The average molecular weight is 380 g/mol. The van der Waals surface area contributed by atoms with Gasteiger partial charge in [0.15, 0.2) is 0 Å². The van der Waals surface area contributed by atoms with Crippen molar-refractivity contribution in [1.29, 1.82) is 0 Å². The number of thioether (sulfide) groups is 1. The molecule has 134 valence electrons. The van der Waals surface area contributed by atoms with Crippen molar-refractivity contribution >= 4 is 45.3 Å². The summed E-state index contributed by atoms with van der Waals surface area (Å²) in [5.74, 6) is 0. The minimum Gasteiger partial charge on any atom is -0.444 e. The van der Waals surface area contributed by atoms with E-state index in [1.54, 1.807) is 27.0 Å². The van der Waals surface area contributed by atoms with E-state index >= 15 is 0 Å². The lowest BCUT2D eigenvalue weighted by Crippen LogP contribution is -2.43. The highest BCUT2D eigenvalue weighted by Gasteiger charge is 2.24. The highest BCUT2D eigenvalue weighted by Crippen LogP contribution is 2.22. The molecular formula is C19H22ClNO3S. The predicted octanol–water partition coefficient (Wildman–Crippen LogP) is 4.82. The molecule has 25 heavy (non-hydrogen) atoms. The fraction of sp³-hybridized carbons (Fsp3) is 0.368. The molecule has 0 aliphatic carbocycles. The minimum absolute atomic E-state index is 0.109. The molecule has 0 radical (unpaired) electrons. The first-order valence-electron chi connectivity index (χ1n) is 7.93. The molecule has 2 rings (SSSR count). The summed E-state index contributed by atoms with van der Waals surface area (Å²) in [5, 5.41) is 5.32. The third-order valence-corrected chi connectivity index (χ3v) is 4.41. The third-order valence-electron chi connectivity index (χ3n) is 3.48. The quantitative estimate of drug-likeness (QED) is 0.827. The molecule has 0 aromatic heterocycles. The Hall–Kier alpha value is -1.72. The molecule has 0 saturated carbocycles. The fourth-order valence-corrected chi connectivity index (χ4v) is 3.02. The van der Waals surface area contributed by atoms with Crippen molar-refractivity contribution < 1.29 is 14.3 Å². The largest absolute Gasteiger partial charge is 0.444 e. The van der Waals surface area contributed by atoms with Crippen LogP contribution in [0.5, 0.6) is 0 Å². The number of halogens is 1. The van der Waals surface area contributed by atoms with Crippen LogP contribution in [0.4, 0.5) is 4.79 Å². The number of rotatable bonds is 4. The van der Waals surface area contributed by atoms with Gasteiger partial charge < -0.3 is 10.1 Å². The van der Waals surface area contributed by atoms with E-state index in [9.17, 15) is 9.59 Å². The van der Waals surface area contributed by atoms with Crippen molar-refractivity contribution in [2.45, 2.75) is 38.8 Å². The van der Waals surface area contributed by atoms with Crippen LogP contribution in [0.1, 0.15) is 26.3 Å². The Kier molecular flexibility index (Phi) is 6.36. The molecule has 4 nitrogen and oxygen atoms in total. The Morgan fingerprint density at radius 2 is 1.80 bits per heavy atom. The fourth-order valence-electron chi connectivity index (χ4n) is 2.41. The first-order chi connectivity index (χ1) is 11.7. The Labute approximate surface area is 157 Å². The number of alkyl carbamates (subject to hydrolysis) is 1. The predicted molar refractivity (Wildman–Crippen MR) is 104 cm³/mol. The van der Waals surface area contributed by atoms with Gasteiger partial charge in [-0.25, -0.2) is 4.79 Å².